The van der Waals surface area contributed by atoms with Crippen LogP contribution in [0.3, 0.4) is 0 Å². The zero-order chi connectivity index (χ0) is 13.2. The molecule has 1 aliphatic heterocycles. The van der Waals surface area contributed by atoms with Crippen molar-refractivity contribution in [2.45, 2.75) is 6.04 Å². The summed E-state index contributed by atoms with van der Waals surface area (Å²) in [6, 6.07) is 10.3. The molecule has 0 saturated carbocycles. The number of H-pyrrole nitrogens is 1. The third kappa shape index (κ3) is 2.22. The Morgan fingerprint density at radius 3 is 2.89 bits per heavy atom. The van der Waals surface area contributed by atoms with Crippen LogP contribution in [0.2, 0.25) is 0 Å². The molecule has 1 unspecified atom stereocenters. The molecule has 0 aliphatic carbocycles. The van der Waals surface area contributed by atoms with E-state index in [4.69, 9.17) is 4.74 Å². The van der Waals surface area contributed by atoms with Gasteiger partial charge in [-0.25, -0.2) is 0 Å². The number of hydrogen-bond donors (Lipinski definition) is 2. The number of carbonyl (C=O) groups is 1. The molecule has 1 aromatic heterocycles. The van der Waals surface area contributed by atoms with Crippen molar-refractivity contribution in [1.29, 1.82) is 0 Å². The van der Waals surface area contributed by atoms with Crippen LogP contribution in [0.5, 0.6) is 5.75 Å². The lowest BCUT2D eigenvalue weighted by Crippen LogP contribution is -2.29. The first-order valence-corrected chi connectivity index (χ1v) is 5.95. The number of aromatic nitrogens is 1. The normalized spacial score (nSPS) is 16.5. The molecule has 19 heavy (non-hydrogen) atoms. The first-order valence-electron chi connectivity index (χ1n) is 5.95. The molecule has 96 valence electrons. The van der Waals surface area contributed by atoms with Crippen molar-refractivity contribution in [3.05, 3.63) is 64.1 Å². The maximum Gasteiger partial charge on any atom is 0.253 e. The number of pyridine rings is 1. The molecule has 2 aromatic rings. The monoisotopic (exact) mass is 256 g/mol. The van der Waals surface area contributed by atoms with Gasteiger partial charge in [0.05, 0.1) is 11.6 Å². The Bertz CT molecular complexity index is 658. The van der Waals surface area contributed by atoms with Crippen LogP contribution >= 0.6 is 0 Å². The number of hydrogen-bond acceptors (Lipinski definition) is 3. The van der Waals surface area contributed by atoms with Gasteiger partial charge >= 0.3 is 0 Å². The van der Waals surface area contributed by atoms with E-state index < -0.39 is 0 Å². The average Bonchev–Trinajstić information content (AvgIpc) is 2.83. The van der Waals surface area contributed by atoms with Gasteiger partial charge in [-0.15, -0.1) is 0 Å². The number of fused-ring (bicyclic) bond motifs is 1. The van der Waals surface area contributed by atoms with Gasteiger partial charge in [0.25, 0.3) is 5.91 Å². The maximum absolute atomic E-state index is 12.0. The first kappa shape index (κ1) is 11.5. The summed E-state index contributed by atoms with van der Waals surface area (Å²) in [4.78, 5) is 25.5. The van der Waals surface area contributed by atoms with Gasteiger partial charge in [0, 0.05) is 17.8 Å². The molecule has 1 aromatic carbocycles. The molecule has 1 atom stereocenters. The Morgan fingerprint density at radius 2 is 2.11 bits per heavy atom. The smallest absolute Gasteiger partial charge is 0.253 e. The Balaban J connectivity index is 1.78. The first-order chi connectivity index (χ1) is 9.24. The Kier molecular flexibility index (Phi) is 2.79. The summed E-state index contributed by atoms with van der Waals surface area (Å²) in [6.07, 6.45) is 1.40. The molecule has 5 heteroatoms. The second kappa shape index (κ2) is 4.61. The van der Waals surface area contributed by atoms with Crippen molar-refractivity contribution < 1.29 is 9.53 Å². The molecule has 0 spiro atoms. The van der Waals surface area contributed by atoms with E-state index >= 15 is 0 Å². The standard InChI is InChI=1S/C14H12N2O3/c17-13-6-5-9(7-15-13)14(18)16-11-8-19-12-4-2-1-3-10(11)12/h1-7,11H,8H2,(H,15,17)(H,16,18). The molecule has 5 nitrogen and oxygen atoms in total. The van der Waals surface area contributed by atoms with Crippen molar-refractivity contribution in [3.63, 3.8) is 0 Å². The quantitative estimate of drug-likeness (QED) is 0.849. The average molecular weight is 256 g/mol. The van der Waals surface area contributed by atoms with Crippen LogP contribution in [0.25, 0.3) is 0 Å². The molecule has 1 aliphatic rings. The minimum Gasteiger partial charge on any atom is -0.491 e. The number of benzene rings is 1. The number of carbonyl (C=O) groups excluding carboxylic acids is 1. The van der Waals surface area contributed by atoms with Crippen LogP contribution in [-0.4, -0.2) is 17.5 Å². The lowest BCUT2D eigenvalue weighted by molar-refractivity contribution is 0.0930. The second-order valence-corrected chi connectivity index (χ2v) is 4.32. The van der Waals surface area contributed by atoms with Gasteiger partial charge in [-0.05, 0) is 12.1 Å². The van der Waals surface area contributed by atoms with Crippen molar-refractivity contribution in [3.8, 4) is 5.75 Å². The molecule has 0 saturated heterocycles. The third-order valence-electron chi connectivity index (χ3n) is 3.05. The molecule has 3 rings (SSSR count). The van der Waals surface area contributed by atoms with E-state index in [1.165, 1.54) is 18.3 Å². The molecular weight excluding hydrogens is 244 g/mol. The number of rotatable bonds is 2. The van der Waals surface area contributed by atoms with Crippen LogP contribution in [0.4, 0.5) is 0 Å². The molecule has 0 fully saturated rings. The summed E-state index contributed by atoms with van der Waals surface area (Å²) in [6.45, 7) is 0.425. The Hall–Kier alpha value is -2.56. The number of nitrogens with one attached hydrogen (secondary N) is 2. The van der Waals surface area contributed by atoms with Gasteiger partial charge in [-0.3, -0.25) is 9.59 Å². The zero-order valence-corrected chi connectivity index (χ0v) is 10.1. The molecule has 1 amide bonds. The fourth-order valence-electron chi connectivity index (χ4n) is 2.08. The maximum atomic E-state index is 12.0. The van der Waals surface area contributed by atoms with Gasteiger partial charge in [-0.2, -0.15) is 0 Å². The highest BCUT2D eigenvalue weighted by atomic mass is 16.5. The molecular formula is C14H12N2O3. The SMILES string of the molecule is O=C(NC1COc2ccccc21)c1ccc(=O)[nH]c1. The minimum absolute atomic E-state index is 0.157. The summed E-state index contributed by atoms with van der Waals surface area (Å²) in [5.74, 6) is 0.566. The number of para-hydroxylation sites is 1. The van der Waals surface area contributed by atoms with Crippen LogP contribution in [0.1, 0.15) is 22.0 Å². The summed E-state index contributed by atoms with van der Waals surface area (Å²) in [5, 5.41) is 2.88. The van der Waals surface area contributed by atoms with E-state index in [-0.39, 0.29) is 17.5 Å². The van der Waals surface area contributed by atoms with Gasteiger partial charge in [0.1, 0.15) is 12.4 Å². The minimum atomic E-state index is -0.235. The van der Waals surface area contributed by atoms with Crippen LogP contribution in [0.15, 0.2) is 47.4 Å². The van der Waals surface area contributed by atoms with Gasteiger partial charge in [0.15, 0.2) is 0 Å². The molecule has 0 bridgehead atoms. The Morgan fingerprint density at radius 1 is 1.26 bits per heavy atom. The second-order valence-electron chi connectivity index (χ2n) is 4.32. The Labute approximate surface area is 109 Å². The summed E-state index contributed by atoms with van der Waals surface area (Å²) >= 11 is 0. The zero-order valence-electron chi connectivity index (χ0n) is 10.1. The predicted octanol–water partition coefficient (Wildman–Crippen LogP) is 1.24. The summed E-state index contributed by atoms with van der Waals surface area (Å²) < 4.78 is 5.49. The molecule has 2 N–H and O–H groups in total. The molecule has 0 radical (unpaired) electrons. The van der Waals surface area contributed by atoms with E-state index in [0.29, 0.717) is 12.2 Å². The van der Waals surface area contributed by atoms with E-state index in [9.17, 15) is 9.59 Å². The van der Waals surface area contributed by atoms with Crippen LogP contribution in [-0.2, 0) is 0 Å². The van der Waals surface area contributed by atoms with Crippen molar-refractivity contribution in [1.82, 2.24) is 10.3 Å². The summed E-state index contributed by atoms with van der Waals surface area (Å²) in [7, 11) is 0. The fourth-order valence-corrected chi connectivity index (χ4v) is 2.08. The van der Waals surface area contributed by atoms with E-state index in [2.05, 4.69) is 10.3 Å². The predicted molar refractivity (Wildman–Crippen MR) is 69.2 cm³/mol. The largest absolute Gasteiger partial charge is 0.491 e. The van der Waals surface area contributed by atoms with Gasteiger partial charge in [-0.1, -0.05) is 18.2 Å². The van der Waals surface area contributed by atoms with Crippen LogP contribution in [0, 0.1) is 0 Å². The highest BCUT2D eigenvalue weighted by Crippen LogP contribution is 2.31. The van der Waals surface area contributed by atoms with Crippen LogP contribution < -0.4 is 15.6 Å². The van der Waals surface area contributed by atoms with E-state index in [0.717, 1.165) is 11.3 Å². The van der Waals surface area contributed by atoms with E-state index in [1.54, 1.807) is 0 Å². The molecule has 2 heterocycles. The van der Waals surface area contributed by atoms with Gasteiger partial charge in [0.2, 0.25) is 5.56 Å². The summed E-state index contributed by atoms with van der Waals surface area (Å²) in [5.41, 5.74) is 1.16. The van der Waals surface area contributed by atoms with Crippen molar-refractivity contribution in [2.75, 3.05) is 6.61 Å². The third-order valence-corrected chi connectivity index (χ3v) is 3.05. The number of ether oxygens (including phenoxy) is 1. The highest BCUT2D eigenvalue weighted by molar-refractivity contribution is 5.94. The van der Waals surface area contributed by atoms with Crippen molar-refractivity contribution in [2.24, 2.45) is 0 Å². The lowest BCUT2D eigenvalue weighted by atomic mass is 10.1. The lowest BCUT2D eigenvalue weighted by Gasteiger charge is -2.11. The van der Waals surface area contributed by atoms with Gasteiger partial charge < -0.3 is 15.0 Å². The number of aromatic amines is 1. The van der Waals surface area contributed by atoms with E-state index in [1.807, 2.05) is 24.3 Å². The number of amides is 1. The fraction of sp³-hybridized carbons (Fsp3) is 0.143. The topological polar surface area (TPSA) is 71.2 Å². The van der Waals surface area contributed by atoms with Crippen molar-refractivity contribution >= 4 is 5.91 Å². The highest BCUT2D eigenvalue weighted by Gasteiger charge is 2.25.